The molecule has 4 rings (SSSR count). The van der Waals surface area contributed by atoms with Crippen LogP contribution in [0.2, 0.25) is 0 Å². The third kappa shape index (κ3) is 3.64. The number of anilines is 1. The first-order valence-electron chi connectivity index (χ1n) is 8.73. The molecule has 0 saturated heterocycles. The fourth-order valence-corrected chi connectivity index (χ4v) is 4.97. The van der Waals surface area contributed by atoms with Crippen molar-refractivity contribution in [1.82, 2.24) is 10.2 Å². The first-order valence-corrected chi connectivity index (χ1v) is 10.5. The van der Waals surface area contributed by atoms with Gasteiger partial charge in [-0.15, -0.1) is 10.2 Å². The van der Waals surface area contributed by atoms with Crippen LogP contribution in [0.15, 0.2) is 31.8 Å². The molecular formula is C19H19N3O3S2. The van der Waals surface area contributed by atoms with E-state index in [9.17, 15) is 9.59 Å². The Bertz CT molecular complexity index is 1090. The number of hydrogen-bond donors (Lipinski definition) is 0. The molecule has 0 aliphatic heterocycles. The van der Waals surface area contributed by atoms with Crippen LogP contribution in [0.5, 0.6) is 0 Å². The quantitative estimate of drug-likeness (QED) is 0.364. The van der Waals surface area contributed by atoms with Crippen molar-refractivity contribution in [2.24, 2.45) is 0 Å². The van der Waals surface area contributed by atoms with Gasteiger partial charge in [0.2, 0.25) is 11.0 Å². The lowest BCUT2D eigenvalue weighted by Gasteiger charge is -2.15. The first-order chi connectivity index (χ1) is 12.9. The summed E-state index contributed by atoms with van der Waals surface area (Å²) in [5.41, 5.74) is 3.29. The van der Waals surface area contributed by atoms with E-state index < -0.39 is 0 Å². The third-order valence-corrected chi connectivity index (χ3v) is 6.83. The Labute approximate surface area is 164 Å². The van der Waals surface area contributed by atoms with Crippen LogP contribution in [-0.2, 0) is 10.5 Å². The molecule has 0 unspecified atom stereocenters. The number of rotatable bonds is 5. The number of aryl methyl sites for hydroxylation is 2. The Hall–Kier alpha value is -2.19. The third-order valence-electron chi connectivity index (χ3n) is 4.72. The average Bonchev–Trinajstić information content (AvgIpc) is 3.34. The number of carbonyl (C=O) groups excluding carboxylic acids is 1. The number of thioether (sulfide) groups is 1. The van der Waals surface area contributed by atoms with Crippen LogP contribution >= 0.6 is 23.1 Å². The highest BCUT2D eigenvalue weighted by Gasteiger charge is 2.34. The molecule has 3 aromatic rings. The van der Waals surface area contributed by atoms with Crippen molar-refractivity contribution in [2.45, 2.75) is 49.7 Å². The van der Waals surface area contributed by atoms with E-state index in [0.29, 0.717) is 16.5 Å². The number of carbonyl (C=O) groups is 1. The molecule has 0 N–H and O–H groups in total. The van der Waals surface area contributed by atoms with Gasteiger partial charge in [-0.3, -0.25) is 9.69 Å². The smallest absolute Gasteiger partial charge is 0.336 e. The predicted octanol–water partition coefficient (Wildman–Crippen LogP) is 4.07. The van der Waals surface area contributed by atoms with E-state index in [2.05, 4.69) is 10.2 Å². The van der Waals surface area contributed by atoms with E-state index in [4.69, 9.17) is 4.42 Å². The fourth-order valence-electron chi connectivity index (χ4n) is 3.02. The van der Waals surface area contributed by atoms with Crippen LogP contribution in [0.4, 0.5) is 5.13 Å². The average molecular weight is 402 g/mol. The molecule has 2 aromatic heterocycles. The minimum absolute atomic E-state index is 0.00251. The van der Waals surface area contributed by atoms with Crippen LogP contribution < -0.4 is 10.5 Å². The Balaban J connectivity index is 1.58. The molecule has 1 fully saturated rings. The van der Waals surface area contributed by atoms with Gasteiger partial charge in [-0.2, -0.15) is 0 Å². The van der Waals surface area contributed by atoms with E-state index in [1.54, 1.807) is 11.8 Å². The molecule has 27 heavy (non-hydrogen) atoms. The van der Waals surface area contributed by atoms with Gasteiger partial charge in [-0.25, -0.2) is 4.79 Å². The Kier molecular flexibility index (Phi) is 4.77. The minimum atomic E-state index is -0.346. The van der Waals surface area contributed by atoms with Gasteiger partial charge in [0.25, 0.3) is 0 Å². The molecule has 1 aliphatic carbocycles. The molecule has 0 bridgehead atoms. The summed E-state index contributed by atoms with van der Waals surface area (Å²) < 4.78 is 6.21. The predicted molar refractivity (Wildman–Crippen MR) is 108 cm³/mol. The number of benzene rings is 1. The van der Waals surface area contributed by atoms with Crippen LogP contribution in [0.1, 0.15) is 36.5 Å². The highest BCUT2D eigenvalue weighted by molar-refractivity contribution is 8.00. The standard InChI is InChI=1S/C19H19N3O3S2/c1-10-4-7-15-13(8-16(24)25-17(15)11(10)2)9-26-19-21-20-18(27-19)22(12(3)23)14-5-6-14/h4,7-8,14H,5-6,9H2,1-3H3. The number of aromatic nitrogens is 2. The van der Waals surface area contributed by atoms with Crippen molar-refractivity contribution in [1.29, 1.82) is 0 Å². The van der Waals surface area contributed by atoms with Crippen LogP contribution in [0.25, 0.3) is 11.0 Å². The molecule has 1 aromatic carbocycles. The summed E-state index contributed by atoms with van der Waals surface area (Å²) in [6.07, 6.45) is 2.04. The van der Waals surface area contributed by atoms with E-state index >= 15 is 0 Å². The summed E-state index contributed by atoms with van der Waals surface area (Å²) in [4.78, 5) is 25.6. The second kappa shape index (κ2) is 7.09. The summed E-state index contributed by atoms with van der Waals surface area (Å²) in [6, 6.07) is 5.84. The number of hydrogen-bond acceptors (Lipinski definition) is 7. The second-order valence-electron chi connectivity index (χ2n) is 6.73. The Morgan fingerprint density at radius 2 is 2.11 bits per heavy atom. The maximum atomic E-state index is 12.0. The first kappa shape index (κ1) is 18.2. The summed E-state index contributed by atoms with van der Waals surface area (Å²) in [7, 11) is 0. The van der Waals surface area contributed by atoms with E-state index in [-0.39, 0.29) is 17.6 Å². The zero-order valence-electron chi connectivity index (χ0n) is 15.3. The van der Waals surface area contributed by atoms with E-state index in [0.717, 1.165) is 39.3 Å². The minimum Gasteiger partial charge on any atom is -0.422 e. The molecule has 0 radical (unpaired) electrons. The molecule has 140 valence electrons. The topological polar surface area (TPSA) is 76.3 Å². The van der Waals surface area contributed by atoms with Crippen molar-refractivity contribution in [3.8, 4) is 0 Å². The van der Waals surface area contributed by atoms with Gasteiger partial charge in [-0.1, -0.05) is 35.2 Å². The van der Waals surface area contributed by atoms with Crippen molar-refractivity contribution < 1.29 is 9.21 Å². The molecule has 1 aliphatic rings. The number of amides is 1. The Morgan fingerprint density at radius 1 is 1.33 bits per heavy atom. The van der Waals surface area contributed by atoms with Gasteiger partial charge in [0.1, 0.15) is 5.58 Å². The number of fused-ring (bicyclic) bond motifs is 1. The molecule has 6 nitrogen and oxygen atoms in total. The Morgan fingerprint density at radius 3 is 2.81 bits per heavy atom. The van der Waals surface area contributed by atoms with Crippen molar-refractivity contribution in [2.75, 3.05) is 4.90 Å². The molecule has 8 heteroatoms. The lowest BCUT2D eigenvalue weighted by atomic mass is 10.0. The van der Waals surface area contributed by atoms with Crippen LogP contribution in [-0.4, -0.2) is 22.1 Å². The molecule has 0 atom stereocenters. The van der Waals surface area contributed by atoms with Crippen LogP contribution in [0, 0.1) is 13.8 Å². The summed E-state index contributed by atoms with van der Waals surface area (Å²) in [6.45, 7) is 5.52. The SMILES string of the molecule is CC(=O)N(c1nnc(SCc2cc(=O)oc3c(C)c(C)ccc23)s1)C1CC1. The van der Waals surface area contributed by atoms with Gasteiger partial charge in [-0.05, 0) is 43.4 Å². The van der Waals surface area contributed by atoms with Gasteiger partial charge in [0, 0.05) is 30.2 Å². The largest absolute Gasteiger partial charge is 0.422 e. The molecule has 1 amide bonds. The van der Waals surface area contributed by atoms with Gasteiger partial charge < -0.3 is 4.42 Å². The van der Waals surface area contributed by atoms with E-state index in [1.165, 1.54) is 29.2 Å². The zero-order chi connectivity index (χ0) is 19.1. The van der Waals surface area contributed by atoms with Crippen molar-refractivity contribution in [3.63, 3.8) is 0 Å². The summed E-state index contributed by atoms with van der Waals surface area (Å²) in [5.74, 6) is 0.589. The molecular weight excluding hydrogens is 382 g/mol. The lowest BCUT2D eigenvalue weighted by molar-refractivity contribution is -0.116. The molecule has 0 spiro atoms. The number of nitrogens with zero attached hydrogens (tertiary/aromatic N) is 3. The van der Waals surface area contributed by atoms with Crippen LogP contribution in [0.3, 0.4) is 0 Å². The maximum absolute atomic E-state index is 12.0. The highest BCUT2D eigenvalue weighted by atomic mass is 32.2. The monoisotopic (exact) mass is 401 g/mol. The van der Waals surface area contributed by atoms with Crippen molar-refractivity contribution in [3.05, 3.63) is 45.3 Å². The summed E-state index contributed by atoms with van der Waals surface area (Å²) in [5, 5.41) is 10.00. The van der Waals surface area contributed by atoms with Gasteiger partial charge in [0.05, 0.1) is 0 Å². The van der Waals surface area contributed by atoms with E-state index in [1.807, 2.05) is 26.0 Å². The molecule has 1 saturated carbocycles. The normalized spacial score (nSPS) is 13.9. The fraction of sp³-hybridized carbons (Fsp3) is 0.368. The highest BCUT2D eigenvalue weighted by Crippen LogP contribution is 2.37. The van der Waals surface area contributed by atoms with Gasteiger partial charge in [0.15, 0.2) is 4.34 Å². The summed E-state index contributed by atoms with van der Waals surface area (Å²) >= 11 is 2.93. The van der Waals surface area contributed by atoms with Gasteiger partial charge >= 0.3 is 5.63 Å². The zero-order valence-corrected chi connectivity index (χ0v) is 16.9. The lowest BCUT2D eigenvalue weighted by Crippen LogP contribution is -2.30. The molecule has 2 heterocycles. The second-order valence-corrected chi connectivity index (χ2v) is 8.91. The maximum Gasteiger partial charge on any atom is 0.336 e. The van der Waals surface area contributed by atoms with Crippen molar-refractivity contribution >= 4 is 45.1 Å².